The molecule has 0 radical (unpaired) electrons. The Morgan fingerprint density at radius 1 is 0.694 bits per heavy atom. The van der Waals surface area contributed by atoms with Gasteiger partial charge in [0, 0.05) is 5.69 Å². The first-order chi connectivity index (χ1) is 17.6. The van der Waals surface area contributed by atoms with Gasteiger partial charge in [0.2, 0.25) is 0 Å². The van der Waals surface area contributed by atoms with E-state index in [0.29, 0.717) is 12.1 Å². The number of hydrogen-bond donors (Lipinski definition) is 1. The van der Waals surface area contributed by atoms with Gasteiger partial charge in [0.05, 0.1) is 31.4 Å². The zero-order chi connectivity index (χ0) is 25.3. The van der Waals surface area contributed by atoms with Crippen LogP contribution in [0.1, 0.15) is 37.9 Å². The van der Waals surface area contributed by atoms with Crippen LogP contribution in [0.4, 0.5) is 5.69 Å². The molecule has 0 spiro atoms. The molecule has 36 heavy (non-hydrogen) atoms. The van der Waals surface area contributed by atoms with Crippen molar-refractivity contribution in [2.24, 2.45) is 0 Å². The Hall–Kier alpha value is -4.58. The summed E-state index contributed by atoms with van der Waals surface area (Å²) in [5, 5.41) is 3.50. The molecule has 1 atom stereocenters. The second kappa shape index (κ2) is 11.7. The summed E-state index contributed by atoms with van der Waals surface area (Å²) in [7, 11) is 2.61. The molecule has 0 heterocycles. The number of benzene rings is 4. The van der Waals surface area contributed by atoms with Gasteiger partial charge in [-0.2, -0.15) is 0 Å². The largest absolute Gasteiger partial charge is 0.465 e. The first kappa shape index (κ1) is 24.5. The van der Waals surface area contributed by atoms with E-state index in [2.05, 4.69) is 17.4 Å². The summed E-state index contributed by atoms with van der Waals surface area (Å²) in [4.78, 5) is 24.5. The summed E-state index contributed by atoms with van der Waals surface area (Å²) in [6.07, 6.45) is 0.676. The molecule has 6 nitrogen and oxygen atoms in total. The van der Waals surface area contributed by atoms with Gasteiger partial charge in [-0.05, 0) is 60.0 Å². The van der Waals surface area contributed by atoms with Crippen LogP contribution in [-0.4, -0.2) is 26.2 Å². The van der Waals surface area contributed by atoms with Gasteiger partial charge in [0.15, 0.2) is 0 Å². The van der Waals surface area contributed by atoms with Crippen molar-refractivity contribution in [3.8, 4) is 11.5 Å². The van der Waals surface area contributed by atoms with Crippen LogP contribution in [0.5, 0.6) is 11.5 Å². The second-order valence-corrected chi connectivity index (χ2v) is 8.15. The molecular weight excluding hydrogens is 454 g/mol. The highest BCUT2D eigenvalue weighted by Gasteiger charge is 2.18. The Morgan fingerprint density at radius 3 is 1.78 bits per heavy atom. The van der Waals surface area contributed by atoms with Crippen molar-refractivity contribution in [3.05, 3.63) is 125 Å². The van der Waals surface area contributed by atoms with Gasteiger partial charge in [0.25, 0.3) is 0 Å². The van der Waals surface area contributed by atoms with Crippen LogP contribution in [0, 0.1) is 0 Å². The van der Waals surface area contributed by atoms with Gasteiger partial charge in [-0.25, -0.2) is 9.59 Å². The summed E-state index contributed by atoms with van der Waals surface area (Å²) in [5.74, 6) is 0.417. The molecule has 0 aliphatic heterocycles. The first-order valence-corrected chi connectivity index (χ1v) is 11.5. The van der Waals surface area contributed by atoms with Gasteiger partial charge >= 0.3 is 11.9 Å². The molecule has 0 saturated heterocycles. The average molecular weight is 482 g/mol. The Labute approximate surface area is 210 Å². The minimum Gasteiger partial charge on any atom is -0.465 e. The van der Waals surface area contributed by atoms with Crippen LogP contribution < -0.4 is 10.1 Å². The number of hydrogen-bond acceptors (Lipinski definition) is 6. The molecule has 0 aromatic heterocycles. The van der Waals surface area contributed by atoms with Crippen LogP contribution >= 0.6 is 0 Å². The van der Waals surface area contributed by atoms with Gasteiger partial charge in [-0.15, -0.1) is 0 Å². The minimum atomic E-state index is -0.536. The predicted octanol–water partition coefficient (Wildman–Crippen LogP) is 6.45. The number of rotatable bonds is 9. The highest BCUT2D eigenvalue weighted by Crippen LogP contribution is 2.28. The van der Waals surface area contributed by atoms with Gasteiger partial charge in [-0.1, -0.05) is 60.7 Å². The average Bonchev–Trinajstić information content (AvgIpc) is 2.93. The van der Waals surface area contributed by atoms with E-state index in [1.807, 2.05) is 72.8 Å². The van der Waals surface area contributed by atoms with Crippen molar-refractivity contribution in [1.82, 2.24) is 0 Å². The summed E-state index contributed by atoms with van der Waals surface area (Å²) in [5.41, 5.74) is 3.27. The number of carbonyl (C=O) groups excluding carboxylic acids is 2. The minimum absolute atomic E-state index is 0.156. The maximum atomic E-state index is 12.2. The van der Waals surface area contributed by atoms with Crippen molar-refractivity contribution in [2.45, 2.75) is 12.5 Å². The zero-order valence-corrected chi connectivity index (χ0v) is 20.1. The SMILES string of the molecule is COC(=O)c1cc(NC(Cc2ccccc2)c2ccc(Oc3ccccc3)cc2)cc(C(=O)OC)c1. The third-order valence-electron chi connectivity index (χ3n) is 5.66. The molecule has 0 bridgehead atoms. The third kappa shape index (κ3) is 6.30. The van der Waals surface area contributed by atoms with Crippen LogP contribution in [0.25, 0.3) is 0 Å². The van der Waals surface area contributed by atoms with Crippen molar-refractivity contribution in [2.75, 3.05) is 19.5 Å². The molecular formula is C30H27NO5. The van der Waals surface area contributed by atoms with Crippen molar-refractivity contribution in [3.63, 3.8) is 0 Å². The number of para-hydroxylation sites is 1. The molecule has 0 aliphatic carbocycles. The molecule has 6 heteroatoms. The number of esters is 2. The zero-order valence-electron chi connectivity index (χ0n) is 20.1. The first-order valence-electron chi connectivity index (χ1n) is 11.5. The molecule has 0 saturated carbocycles. The summed E-state index contributed by atoms with van der Waals surface area (Å²) < 4.78 is 15.7. The van der Waals surface area contributed by atoms with E-state index < -0.39 is 11.9 Å². The van der Waals surface area contributed by atoms with E-state index in [-0.39, 0.29) is 17.2 Å². The second-order valence-electron chi connectivity index (χ2n) is 8.15. The number of ether oxygens (including phenoxy) is 3. The van der Waals surface area contributed by atoms with Crippen molar-refractivity contribution < 1.29 is 23.8 Å². The highest BCUT2D eigenvalue weighted by atomic mass is 16.5. The summed E-state index contributed by atoms with van der Waals surface area (Å²) in [6, 6.07) is 32.2. The lowest BCUT2D eigenvalue weighted by Crippen LogP contribution is -2.15. The number of methoxy groups -OCH3 is 2. The molecule has 1 N–H and O–H groups in total. The molecule has 0 fully saturated rings. The lowest BCUT2D eigenvalue weighted by molar-refractivity contribution is 0.0599. The monoisotopic (exact) mass is 481 g/mol. The van der Waals surface area contributed by atoms with E-state index in [9.17, 15) is 9.59 Å². The fourth-order valence-corrected chi connectivity index (χ4v) is 3.88. The fraction of sp³-hybridized carbons (Fsp3) is 0.133. The normalized spacial score (nSPS) is 11.3. The third-order valence-corrected chi connectivity index (χ3v) is 5.66. The van der Waals surface area contributed by atoms with Gasteiger partial charge in [0.1, 0.15) is 11.5 Å². The quantitative estimate of drug-likeness (QED) is 0.277. The maximum Gasteiger partial charge on any atom is 0.337 e. The lowest BCUT2D eigenvalue weighted by Gasteiger charge is -2.22. The van der Waals surface area contributed by atoms with Crippen LogP contribution in [0.3, 0.4) is 0 Å². The Bertz CT molecular complexity index is 1270. The molecule has 0 amide bonds. The van der Waals surface area contributed by atoms with E-state index in [1.165, 1.54) is 20.3 Å². The Balaban J connectivity index is 1.65. The van der Waals surface area contributed by atoms with E-state index >= 15 is 0 Å². The van der Waals surface area contributed by atoms with Gasteiger partial charge < -0.3 is 19.5 Å². The van der Waals surface area contributed by atoms with Gasteiger partial charge in [-0.3, -0.25) is 0 Å². The standard InChI is InChI=1S/C30H27NO5/c1-34-29(32)23-18-24(30(33)35-2)20-25(19-23)31-28(17-21-9-5-3-6-10-21)22-13-15-27(16-14-22)36-26-11-7-4-8-12-26/h3-16,18-20,28,31H,17H2,1-2H3. The summed E-state index contributed by atoms with van der Waals surface area (Å²) in [6.45, 7) is 0. The smallest absolute Gasteiger partial charge is 0.337 e. The lowest BCUT2D eigenvalue weighted by atomic mass is 9.98. The molecule has 182 valence electrons. The van der Waals surface area contributed by atoms with Crippen LogP contribution in [0.2, 0.25) is 0 Å². The van der Waals surface area contributed by atoms with Crippen LogP contribution in [0.15, 0.2) is 103 Å². The van der Waals surface area contributed by atoms with E-state index in [4.69, 9.17) is 14.2 Å². The number of anilines is 1. The number of nitrogens with one attached hydrogen (secondary N) is 1. The number of carbonyl (C=O) groups is 2. The Morgan fingerprint density at radius 2 is 1.22 bits per heavy atom. The Kier molecular flexibility index (Phi) is 7.98. The topological polar surface area (TPSA) is 73.9 Å². The van der Waals surface area contributed by atoms with E-state index in [1.54, 1.807) is 12.1 Å². The van der Waals surface area contributed by atoms with E-state index in [0.717, 1.165) is 22.6 Å². The summed E-state index contributed by atoms with van der Waals surface area (Å²) >= 11 is 0. The van der Waals surface area contributed by atoms with Crippen molar-refractivity contribution >= 4 is 17.6 Å². The maximum absolute atomic E-state index is 12.2. The molecule has 1 unspecified atom stereocenters. The van der Waals surface area contributed by atoms with Crippen LogP contribution in [-0.2, 0) is 15.9 Å². The fourth-order valence-electron chi connectivity index (χ4n) is 3.88. The molecule has 4 aromatic rings. The molecule has 4 aromatic carbocycles. The highest BCUT2D eigenvalue weighted by molar-refractivity contribution is 5.97. The molecule has 0 aliphatic rings. The predicted molar refractivity (Wildman–Crippen MR) is 139 cm³/mol. The molecule has 4 rings (SSSR count). The van der Waals surface area contributed by atoms with Crippen molar-refractivity contribution in [1.29, 1.82) is 0 Å².